The second-order valence-electron chi connectivity index (χ2n) is 8.80. The van der Waals surface area contributed by atoms with Gasteiger partial charge < -0.3 is 4.74 Å². The fourth-order valence-electron chi connectivity index (χ4n) is 4.65. The molecule has 4 aromatic rings. The molecule has 1 atom stereocenters. The van der Waals surface area contributed by atoms with Gasteiger partial charge in [0.1, 0.15) is 0 Å². The van der Waals surface area contributed by atoms with Crippen LogP contribution >= 0.6 is 11.3 Å². The SMILES string of the molecule is CCOC(=O)C1=C(C)N=c2s/c(=C\c3ccc4c(c3)n(C)c(=O)n4C)c(=O)n2[C@@H]1c1ccc([N+](=O)[O-])cc1. The summed E-state index contributed by atoms with van der Waals surface area (Å²) in [5, 5.41) is 11.2. The molecule has 0 spiro atoms. The van der Waals surface area contributed by atoms with E-state index in [-0.39, 0.29) is 29.1 Å². The third kappa shape index (κ3) is 3.98. The second-order valence-corrected chi connectivity index (χ2v) is 9.81. The Bertz CT molecular complexity index is 1910. The van der Waals surface area contributed by atoms with Gasteiger partial charge >= 0.3 is 11.7 Å². The molecular weight excluding hydrogens is 510 g/mol. The molecule has 3 heterocycles. The summed E-state index contributed by atoms with van der Waals surface area (Å²) in [7, 11) is 3.39. The van der Waals surface area contributed by atoms with Crippen LogP contribution in [0.5, 0.6) is 0 Å². The number of fused-ring (bicyclic) bond motifs is 2. The molecule has 5 rings (SSSR count). The van der Waals surface area contributed by atoms with Crippen molar-refractivity contribution in [3.05, 3.63) is 105 Å². The molecule has 0 saturated carbocycles. The minimum absolute atomic E-state index is 0.106. The highest BCUT2D eigenvalue weighted by Crippen LogP contribution is 2.31. The summed E-state index contributed by atoms with van der Waals surface area (Å²) in [6, 6.07) is 10.3. The molecule has 0 saturated heterocycles. The number of nitro groups is 1. The molecule has 38 heavy (non-hydrogen) atoms. The molecule has 0 fully saturated rings. The van der Waals surface area contributed by atoms with Gasteiger partial charge in [-0.3, -0.25) is 28.6 Å². The second kappa shape index (κ2) is 9.38. The van der Waals surface area contributed by atoms with Crippen molar-refractivity contribution in [3.8, 4) is 0 Å². The minimum Gasteiger partial charge on any atom is -0.463 e. The van der Waals surface area contributed by atoms with E-state index < -0.39 is 16.9 Å². The lowest BCUT2D eigenvalue weighted by Crippen LogP contribution is -2.39. The first-order valence-electron chi connectivity index (χ1n) is 11.7. The zero-order chi connectivity index (χ0) is 27.3. The number of hydrogen-bond acceptors (Lipinski definition) is 8. The number of imidazole rings is 1. The summed E-state index contributed by atoms with van der Waals surface area (Å²) < 4.78 is 10.2. The van der Waals surface area contributed by atoms with E-state index >= 15 is 0 Å². The molecule has 0 bridgehead atoms. The number of allylic oxidation sites excluding steroid dienone is 1. The van der Waals surface area contributed by atoms with Crippen molar-refractivity contribution >= 4 is 40.1 Å². The average Bonchev–Trinajstić information content (AvgIpc) is 3.31. The Labute approximate surface area is 219 Å². The lowest BCUT2D eigenvalue weighted by Gasteiger charge is -2.24. The Hall–Kier alpha value is -4.58. The van der Waals surface area contributed by atoms with E-state index in [1.54, 1.807) is 38.6 Å². The fraction of sp³-hybridized carbons (Fsp3) is 0.231. The van der Waals surface area contributed by atoms with E-state index in [1.807, 2.05) is 18.2 Å². The number of carbonyl (C=O) groups is 1. The van der Waals surface area contributed by atoms with Gasteiger partial charge in [-0.1, -0.05) is 17.4 Å². The number of rotatable bonds is 5. The van der Waals surface area contributed by atoms with Gasteiger partial charge in [0.05, 0.1) is 44.4 Å². The Morgan fingerprint density at radius 2 is 1.82 bits per heavy atom. The van der Waals surface area contributed by atoms with E-state index in [1.165, 1.54) is 44.7 Å². The number of benzene rings is 2. The highest BCUT2D eigenvalue weighted by Gasteiger charge is 2.33. The summed E-state index contributed by atoms with van der Waals surface area (Å²) in [5.41, 5.74) is 2.70. The number of nitrogens with zero attached hydrogens (tertiary/aromatic N) is 5. The molecule has 0 N–H and O–H groups in total. The zero-order valence-electron chi connectivity index (χ0n) is 21.0. The summed E-state index contributed by atoms with van der Waals surface area (Å²) in [5.74, 6) is -0.609. The Balaban J connectivity index is 1.71. The number of aryl methyl sites for hydroxylation is 2. The highest BCUT2D eigenvalue weighted by molar-refractivity contribution is 7.07. The van der Waals surface area contributed by atoms with Crippen molar-refractivity contribution in [2.45, 2.75) is 19.9 Å². The van der Waals surface area contributed by atoms with Crippen LogP contribution in [0.25, 0.3) is 17.1 Å². The molecule has 11 nitrogen and oxygen atoms in total. The predicted molar refractivity (Wildman–Crippen MR) is 142 cm³/mol. The third-order valence-corrected chi connectivity index (χ3v) is 7.51. The number of hydrogen-bond donors (Lipinski definition) is 0. The molecule has 12 heteroatoms. The van der Waals surface area contributed by atoms with Crippen LogP contribution in [0, 0.1) is 10.1 Å². The molecule has 1 aliphatic heterocycles. The summed E-state index contributed by atoms with van der Waals surface area (Å²) in [4.78, 5) is 54.6. The van der Waals surface area contributed by atoms with Crippen molar-refractivity contribution in [3.63, 3.8) is 0 Å². The maximum atomic E-state index is 13.7. The highest BCUT2D eigenvalue weighted by atomic mass is 32.1. The van der Waals surface area contributed by atoms with Crippen LogP contribution in [0.15, 0.2) is 68.3 Å². The smallest absolute Gasteiger partial charge is 0.338 e. The maximum absolute atomic E-state index is 13.7. The van der Waals surface area contributed by atoms with Crippen LogP contribution in [0.4, 0.5) is 5.69 Å². The van der Waals surface area contributed by atoms with Crippen LogP contribution in [-0.2, 0) is 23.6 Å². The van der Waals surface area contributed by atoms with Crippen LogP contribution in [0.2, 0.25) is 0 Å². The van der Waals surface area contributed by atoms with Crippen molar-refractivity contribution < 1.29 is 14.5 Å². The van der Waals surface area contributed by atoms with Crippen molar-refractivity contribution in [1.29, 1.82) is 0 Å². The van der Waals surface area contributed by atoms with E-state index in [0.29, 0.717) is 20.6 Å². The lowest BCUT2D eigenvalue weighted by molar-refractivity contribution is -0.384. The minimum atomic E-state index is -0.870. The van der Waals surface area contributed by atoms with E-state index in [9.17, 15) is 24.5 Å². The molecule has 2 aromatic carbocycles. The summed E-state index contributed by atoms with van der Waals surface area (Å²) >= 11 is 1.17. The maximum Gasteiger partial charge on any atom is 0.338 e. The third-order valence-electron chi connectivity index (χ3n) is 6.53. The zero-order valence-corrected chi connectivity index (χ0v) is 21.8. The van der Waals surface area contributed by atoms with Crippen LogP contribution < -0.4 is 20.6 Å². The molecule has 194 valence electrons. The number of thiazole rings is 1. The Kier molecular flexibility index (Phi) is 6.19. The number of esters is 1. The average molecular weight is 534 g/mol. The fourth-order valence-corrected chi connectivity index (χ4v) is 5.70. The molecule has 0 aliphatic carbocycles. The lowest BCUT2D eigenvalue weighted by atomic mass is 9.95. The first-order valence-corrected chi connectivity index (χ1v) is 12.5. The van der Waals surface area contributed by atoms with Gasteiger partial charge in [-0.15, -0.1) is 0 Å². The van der Waals surface area contributed by atoms with Crippen LogP contribution in [-0.4, -0.2) is 31.2 Å². The Morgan fingerprint density at radius 3 is 2.47 bits per heavy atom. The summed E-state index contributed by atoms with van der Waals surface area (Å²) in [6.07, 6.45) is 1.72. The molecular formula is C26H23N5O6S. The van der Waals surface area contributed by atoms with Crippen LogP contribution in [0.1, 0.15) is 31.0 Å². The summed E-state index contributed by atoms with van der Waals surface area (Å²) in [6.45, 7) is 3.49. The van der Waals surface area contributed by atoms with Crippen molar-refractivity contribution in [2.24, 2.45) is 19.1 Å². The standard InChI is InChI=1S/C26H23N5O6S/c1-5-37-24(33)21-14(2)27-25-30(22(21)16-7-9-17(10-8-16)31(35)36)23(32)20(38-25)13-15-6-11-18-19(12-15)29(4)26(34)28(18)3/h6-13,22H,5H2,1-4H3/b20-13-/t22-/m1/s1. The predicted octanol–water partition coefficient (Wildman–Crippen LogP) is 1.90. The number of non-ortho nitro benzene ring substituents is 1. The number of nitro benzene ring substituents is 1. The topological polar surface area (TPSA) is 131 Å². The first kappa shape index (κ1) is 25.1. The number of ether oxygens (including phenoxy) is 1. The molecule has 0 unspecified atom stereocenters. The Morgan fingerprint density at radius 1 is 1.13 bits per heavy atom. The van der Waals surface area contributed by atoms with E-state index in [2.05, 4.69) is 4.99 Å². The van der Waals surface area contributed by atoms with Gasteiger partial charge in [0.15, 0.2) is 4.80 Å². The van der Waals surface area contributed by atoms with Crippen LogP contribution in [0.3, 0.4) is 0 Å². The molecule has 1 aliphatic rings. The largest absolute Gasteiger partial charge is 0.463 e. The van der Waals surface area contributed by atoms with Crippen molar-refractivity contribution in [2.75, 3.05) is 6.61 Å². The van der Waals surface area contributed by atoms with Gasteiger partial charge in [-0.25, -0.2) is 14.6 Å². The van der Waals surface area contributed by atoms with Gasteiger partial charge in [0, 0.05) is 26.2 Å². The monoisotopic (exact) mass is 533 g/mol. The quantitative estimate of drug-likeness (QED) is 0.219. The van der Waals surface area contributed by atoms with E-state index in [0.717, 1.165) is 16.6 Å². The normalized spacial score (nSPS) is 15.5. The molecule has 0 amide bonds. The first-order chi connectivity index (χ1) is 18.1. The van der Waals surface area contributed by atoms with Gasteiger partial charge in [-0.2, -0.15) is 0 Å². The molecule has 0 radical (unpaired) electrons. The molecule has 2 aromatic heterocycles. The number of carbonyl (C=O) groups excluding carboxylic acids is 1. The number of aromatic nitrogens is 3. The van der Waals surface area contributed by atoms with Gasteiger partial charge in [0.2, 0.25) is 0 Å². The van der Waals surface area contributed by atoms with E-state index in [4.69, 9.17) is 4.74 Å². The van der Waals surface area contributed by atoms with Gasteiger partial charge in [0.25, 0.3) is 11.2 Å². The van der Waals surface area contributed by atoms with Crippen molar-refractivity contribution in [1.82, 2.24) is 13.7 Å². The van der Waals surface area contributed by atoms with Gasteiger partial charge in [-0.05, 0) is 55.3 Å².